The summed E-state index contributed by atoms with van der Waals surface area (Å²) in [7, 11) is 1.38. The molecule has 1 aromatic rings. The molecular formula is C12H14N4O8. The van der Waals surface area contributed by atoms with E-state index >= 15 is 0 Å². The zero-order valence-corrected chi connectivity index (χ0v) is 12.3. The topological polar surface area (TPSA) is 153 Å². The molecule has 12 heteroatoms. The molecule has 0 saturated carbocycles. The average molecular weight is 343 g/mol. The second-order valence-corrected chi connectivity index (χ2v) is 4.89. The van der Waals surface area contributed by atoms with Crippen LogP contribution in [-0.2, 0) is 18.9 Å². The number of carbonyl (C=O) groups is 2. The van der Waals surface area contributed by atoms with Crippen molar-refractivity contribution in [3.63, 3.8) is 0 Å². The predicted molar refractivity (Wildman–Crippen MR) is 71.9 cm³/mol. The Hall–Kier alpha value is -3.02. The van der Waals surface area contributed by atoms with Crippen molar-refractivity contribution in [2.24, 2.45) is 5.16 Å². The fourth-order valence-corrected chi connectivity index (χ4v) is 2.45. The zero-order valence-electron chi connectivity index (χ0n) is 13.3. The Kier molecular flexibility index (Phi) is 3.78. The molecule has 2 aliphatic rings. The van der Waals surface area contributed by atoms with Gasteiger partial charge in [0.2, 0.25) is 0 Å². The summed E-state index contributed by atoms with van der Waals surface area (Å²) in [5, 5.41) is 13.8. The molecule has 1 aromatic heterocycles. The van der Waals surface area contributed by atoms with E-state index in [2.05, 4.69) is 15.5 Å². The third-order valence-corrected chi connectivity index (χ3v) is 3.51. The third-order valence-electron chi connectivity index (χ3n) is 3.51. The van der Waals surface area contributed by atoms with Gasteiger partial charge in [0.25, 0.3) is 0 Å². The number of alkyl carbamates (subject to hydrolysis) is 1. The van der Waals surface area contributed by atoms with Gasteiger partial charge >= 0.3 is 17.9 Å². The van der Waals surface area contributed by atoms with E-state index < -0.39 is 42.5 Å². The molecule has 1 amide bonds. The Morgan fingerprint density at radius 3 is 3.00 bits per heavy atom. The van der Waals surface area contributed by atoms with Crippen LogP contribution < -0.4 is 16.5 Å². The van der Waals surface area contributed by atoms with Crippen LogP contribution in [0.5, 0.6) is 0 Å². The molecule has 2 fully saturated rings. The molecule has 0 aromatic carbocycles. The van der Waals surface area contributed by atoms with Gasteiger partial charge in [-0.05, 0) is 0 Å². The van der Waals surface area contributed by atoms with Gasteiger partial charge in [-0.3, -0.25) is 9.55 Å². The zero-order chi connectivity index (χ0) is 18.1. The molecule has 2 aliphatic heterocycles. The molecule has 3 rings (SSSR count). The number of hydrogen-bond acceptors (Lipinski definition) is 9. The third kappa shape index (κ3) is 2.78. The Morgan fingerprint density at radius 1 is 1.54 bits per heavy atom. The first-order valence-corrected chi connectivity index (χ1v) is 6.82. The van der Waals surface area contributed by atoms with Crippen LogP contribution in [0.15, 0.2) is 22.2 Å². The van der Waals surface area contributed by atoms with Crippen LogP contribution in [-0.4, -0.2) is 59.0 Å². The Bertz CT molecular complexity index is 820. The Labute approximate surface area is 135 Å². The maximum Gasteiger partial charge on any atom is 0.509 e. The Balaban J connectivity index is 1.89. The molecule has 0 aliphatic carbocycles. The first kappa shape index (κ1) is 14.6. The maximum absolute atomic E-state index is 12.1. The van der Waals surface area contributed by atoms with Gasteiger partial charge in [0, 0.05) is 19.3 Å². The minimum absolute atomic E-state index is 0.246. The van der Waals surface area contributed by atoms with E-state index in [0.29, 0.717) is 0 Å². The fraction of sp³-hybridized carbons (Fsp3) is 0.500. The maximum atomic E-state index is 12.1. The summed E-state index contributed by atoms with van der Waals surface area (Å²) in [6, 6.07) is -0.294. The van der Waals surface area contributed by atoms with Crippen molar-refractivity contribution >= 4 is 12.2 Å². The van der Waals surface area contributed by atoms with Gasteiger partial charge in [0.1, 0.15) is 12.7 Å². The number of aromatic amines is 1. The summed E-state index contributed by atoms with van der Waals surface area (Å²) in [6.07, 6.45) is -4.46. The SMILES string of the molecule is [2H]c1cn([C@@H]2O[C@H](COC(=O)NC)[C@H]3OC(=O)O[C@H]32)c(=O)[nH]/c1=N\O. The standard InChI is InChI=1S/C12H14N4O8/c1-13-11(18)21-4-5-7-8(24-12(19)23-7)9(22-5)16-3-2-6(15-20)14-10(16)17/h2-3,5,7-9,20H,4H2,1H3,(H,13,18)(H,14,15,17)/t5-,7-,8-,9-/m1/s1/i2D. The van der Waals surface area contributed by atoms with Gasteiger partial charge in [-0.2, -0.15) is 0 Å². The number of aromatic nitrogens is 2. The normalized spacial score (nSPS) is 29.5. The highest BCUT2D eigenvalue weighted by molar-refractivity contribution is 5.66. The minimum Gasteiger partial charge on any atom is -0.447 e. The van der Waals surface area contributed by atoms with Gasteiger partial charge in [-0.25, -0.2) is 14.4 Å². The van der Waals surface area contributed by atoms with Crippen molar-refractivity contribution in [2.75, 3.05) is 13.7 Å². The highest BCUT2D eigenvalue weighted by atomic mass is 16.8. The van der Waals surface area contributed by atoms with E-state index in [0.717, 1.165) is 10.8 Å². The predicted octanol–water partition coefficient (Wildman–Crippen LogP) is -1.38. The molecule has 3 heterocycles. The number of ether oxygens (including phenoxy) is 4. The minimum atomic E-state index is -1.12. The molecule has 4 atom stereocenters. The van der Waals surface area contributed by atoms with Gasteiger partial charge in [-0.1, -0.05) is 5.16 Å². The molecule has 0 unspecified atom stereocenters. The van der Waals surface area contributed by atoms with E-state index in [1.165, 1.54) is 7.05 Å². The first-order chi connectivity index (χ1) is 11.9. The van der Waals surface area contributed by atoms with E-state index in [4.69, 9.17) is 25.5 Å². The van der Waals surface area contributed by atoms with E-state index in [-0.39, 0.29) is 18.1 Å². The molecule has 0 radical (unpaired) electrons. The van der Waals surface area contributed by atoms with Crippen LogP contribution in [0.25, 0.3) is 0 Å². The molecule has 12 nitrogen and oxygen atoms in total. The van der Waals surface area contributed by atoms with Crippen molar-refractivity contribution in [1.82, 2.24) is 14.9 Å². The summed E-state index contributed by atoms with van der Waals surface area (Å²) in [6.45, 7) is -0.246. The quantitative estimate of drug-likeness (QED) is 0.345. The lowest BCUT2D eigenvalue weighted by atomic mass is 10.1. The van der Waals surface area contributed by atoms with Crippen molar-refractivity contribution < 1.29 is 35.1 Å². The number of nitrogens with zero attached hydrogens (tertiary/aromatic N) is 2. The number of fused-ring (bicyclic) bond motifs is 1. The van der Waals surface area contributed by atoms with Crippen molar-refractivity contribution in [3.05, 3.63) is 28.2 Å². The molecule has 0 bridgehead atoms. The molecule has 130 valence electrons. The van der Waals surface area contributed by atoms with E-state index in [1.807, 2.05) is 0 Å². The lowest BCUT2D eigenvalue weighted by molar-refractivity contribution is -0.0749. The van der Waals surface area contributed by atoms with Crippen molar-refractivity contribution in [1.29, 1.82) is 0 Å². The summed E-state index contributed by atoms with van der Waals surface area (Å²) in [5.74, 6) is 0. The highest BCUT2D eigenvalue weighted by Crippen LogP contribution is 2.37. The average Bonchev–Trinajstić information content (AvgIpc) is 3.12. The first-order valence-electron chi connectivity index (χ1n) is 7.32. The van der Waals surface area contributed by atoms with Crippen LogP contribution in [0, 0.1) is 0 Å². The smallest absolute Gasteiger partial charge is 0.447 e. The lowest BCUT2D eigenvalue weighted by Gasteiger charge is -2.18. The van der Waals surface area contributed by atoms with Gasteiger partial charge < -0.3 is 29.5 Å². The number of hydrogen-bond donors (Lipinski definition) is 3. The molecule has 24 heavy (non-hydrogen) atoms. The van der Waals surface area contributed by atoms with Crippen molar-refractivity contribution in [3.8, 4) is 0 Å². The van der Waals surface area contributed by atoms with Crippen LogP contribution in [0.3, 0.4) is 0 Å². The number of H-pyrrole nitrogens is 1. The van der Waals surface area contributed by atoms with E-state index in [9.17, 15) is 14.4 Å². The van der Waals surface area contributed by atoms with Crippen LogP contribution in [0.2, 0.25) is 0 Å². The highest BCUT2D eigenvalue weighted by Gasteiger charge is 2.55. The number of rotatable bonds is 3. The van der Waals surface area contributed by atoms with Gasteiger partial charge in [-0.15, -0.1) is 0 Å². The van der Waals surface area contributed by atoms with Gasteiger partial charge in [0.05, 0.1) is 1.37 Å². The van der Waals surface area contributed by atoms with Crippen LogP contribution in [0.4, 0.5) is 9.59 Å². The van der Waals surface area contributed by atoms with Crippen molar-refractivity contribution in [2.45, 2.75) is 24.5 Å². The summed E-state index contributed by atoms with van der Waals surface area (Å²) in [4.78, 5) is 36.9. The molecular weight excluding hydrogens is 328 g/mol. The van der Waals surface area contributed by atoms with Crippen LogP contribution in [0.1, 0.15) is 7.60 Å². The number of carbonyl (C=O) groups excluding carboxylic acids is 2. The molecule has 0 spiro atoms. The van der Waals surface area contributed by atoms with Gasteiger partial charge in [0.15, 0.2) is 23.9 Å². The fourth-order valence-electron chi connectivity index (χ4n) is 2.45. The molecule has 2 saturated heterocycles. The van der Waals surface area contributed by atoms with Crippen LogP contribution >= 0.6 is 0 Å². The second kappa shape index (κ2) is 6.23. The lowest BCUT2D eigenvalue weighted by Crippen LogP contribution is -2.37. The van der Waals surface area contributed by atoms with E-state index in [1.54, 1.807) is 0 Å². The molecule has 3 N–H and O–H groups in total. The monoisotopic (exact) mass is 343 g/mol. The summed E-state index contributed by atoms with van der Waals surface area (Å²) in [5.41, 5.74) is -1.10. The Morgan fingerprint density at radius 2 is 2.29 bits per heavy atom. The second-order valence-electron chi connectivity index (χ2n) is 4.89. The summed E-state index contributed by atoms with van der Waals surface area (Å²) >= 11 is 0. The largest absolute Gasteiger partial charge is 0.509 e. The number of amides is 1. The summed E-state index contributed by atoms with van der Waals surface area (Å²) < 4.78 is 29.2. The number of nitrogens with one attached hydrogen (secondary N) is 2.